The Kier molecular flexibility index (Phi) is 6.04. The van der Waals surface area contributed by atoms with Gasteiger partial charge in [0, 0.05) is 19.7 Å². The van der Waals surface area contributed by atoms with E-state index in [4.69, 9.17) is 14.2 Å². The summed E-state index contributed by atoms with van der Waals surface area (Å²) in [5, 5.41) is 2.66. The topological polar surface area (TPSA) is 94.2 Å². The Morgan fingerprint density at radius 1 is 1.38 bits per heavy atom. The fourth-order valence-corrected chi connectivity index (χ4v) is 2.64. The molecule has 2 aliphatic heterocycles. The lowest BCUT2D eigenvalue weighted by Gasteiger charge is -2.35. The molecule has 0 bridgehead atoms. The molecule has 0 saturated carbocycles. The van der Waals surface area contributed by atoms with Gasteiger partial charge in [0.15, 0.2) is 0 Å². The van der Waals surface area contributed by atoms with Gasteiger partial charge in [0.25, 0.3) is 0 Å². The van der Waals surface area contributed by atoms with E-state index in [9.17, 15) is 14.4 Å². The first-order valence-electron chi connectivity index (χ1n) is 8.31. The third-order valence-corrected chi connectivity index (χ3v) is 3.77. The summed E-state index contributed by atoms with van der Waals surface area (Å²) in [7, 11) is 0. The first kappa shape index (κ1) is 18.5. The standard InChI is InChI=1S/C16H26N2O6/c1-16(2,3)24-15(21)18-7-6-17-14(20)12(18)9-13(19)23-10-11-5-4-8-22-11/h11-12H,4-10H2,1-3H3,(H,17,20). The summed E-state index contributed by atoms with van der Waals surface area (Å²) in [6.07, 6.45) is 0.948. The Morgan fingerprint density at radius 2 is 2.12 bits per heavy atom. The van der Waals surface area contributed by atoms with Crippen molar-refractivity contribution < 1.29 is 28.6 Å². The molecule has 136 valence electrons. The third-order valence-electron chi connectivity index (χ3n) is 3.77. The molecule has 0 radical (unpaired) electrons. The number of nitrogens with zero attached hydrogens (tertiary/aromatic N) is 1. The van der Waals surface area contributed by atoms with Crippen LogP contribution in [0.1, 0.15) is 40.0 Å². The Balaban J connectivity index is 1.91. The highest BCUT2D eigenvalue weighted by atomic mass is 16.6. The number of hydrogen-bond acceptors (Lipinski definition) is 6. The number of amides is 2. The third kappa shape index (κ3) is 5.36. The smallest absolute Gasteiger partial charge is 0.411 e. The lowest BCUT2D eigenvalue weighted by molar-refractivity contribution is -0.150. The number of carbonyl (C=O) groups excluding carboxylic acids is 3. The van der Waals surface area contributed by atoms with Crippen molar-refractivity contribution in [3.63, 3.8) is 0 Å². The molecule has 2 fully saturated rings. The molecule has 2 saturated heterocycles. The molecular weight excluding hydrogens is 316 g/mol. The molecule has 8 nitrogen and oxygen atoms in total. The quantitative estimate of drug-likeness (QED) is 0.761. The van der Waals surface area contributed by atoms with Gasteiger partial charge in [0.05, 0.1) is 12.5 Å². The van der Waals surface area contributed by atoms with Gasteiger partial charge in [-0.25, -0.2) is 4.79 Å². The fourth-order valence-electron chi connectivity index (χ4n) is 2.64. The summed E-state index contributed by atoms with van der Waals surface area (Å²) in [5.41, 5.74) is -0.671. The SMILES string of the molecule is CC(C)(C)OC(=O)N1CCNC(=O)C1CC(=O)OCC1CCCO1. The van der Waals surface area contributed by atoms with E-state index in [1.165, 1.54) is 4.90 Å². The van der Waals surface area contributed by atoms with Gasteiger partial charge in [-0.05, 0) is 33.6 Å². The minimum atomic E-state index is -0.911. The van der Waals surface area contributed by atoms with Gasteiger partial charge in [-0.2, -0.15) is 0 Å². The van der Waals surface area contributed by atoms with E-state index in [1.807, 2.05) is 0 Å². The van der Waals surface area contributed by atoms with Crippen molar-refractivity contribution in [3.8, 4) is 0 Å². The highest BCUT2D eigenvalue weighted by Gasteiger charge is 2.37. The predicted octanol–water partition coefficient (Wildman–Crippen LogP) is 0.834. The number of nitrogens with one attached hydrogen (secondary N) is 1. The van der Waals surface area contributed by atoms with Crippen LogP contribution in [-0.4, -0.2) is 66.9 Å². The van der Waals surface area contributed by atoms with Crippen LogP contribution in [0.5, 0.6) is 0 Å². The van der Waals surface area contributed by atoms with E-state index in [0.29, 0.717) is 19.7 Å². The zero-order valence-electron chi connectivity index (χ0n) is 14.5. The van der Waals surface area contributed by atoms with Crippen LogP contribution in [0, 0.1) is 0 Å². The molecular formula is C16H26N2O6. The molecule has 1 N–H and O–H groups in total. The van der Waals surface area contributed by atoms with Crippen LogP contribution in [0.3, 0.4) is 0 Å². The number of ether oxygens (including phenoxy) is 3. The van der Waals surface area contributed by atoms with Crippen molar-refractivity contribution >= 4 is 18.0 Å². The minimum Gasteiger partial charge on any atom is -0.463 e. The normalized spacial score (nSPS) is 24.5. The molecule has 0 aromatic heterocycles. The maximum absolute atomic E-state index is 12.3. The summed E-state index contributed by atoms with van der Waals surface area (Å²) >= 11 is 0. The van der Waals surface area contributed by atoms with Crippen LogP contribution < -0.4 is 5.32 Å². The molecule has 0 aliphatic carbocycles. The fraction of sp³-hybridized carbons (Fsp3) is 0.812. The molecule has 2 heterocycles. The molecule has 2 rings (SSSR count). The second-order valence-electron chi connectivity index (χ2n) is 7.00. The molecule has 2 aliphatic rings. The van der Waals surface area contributed by atoms with E-state index in [1.54, 1.807) is 20.8 Å². The van der Waals surface area contributed by atoms with E-state index in [-0.39, 0.29) is 25.0 Å². The average molecular weight is 342 g/mol. The first-order chi connectivity index (χ1) is 11.3. The molecule has 0 aromatic rings. The Bertz CT molecular complexity index is 481. The molecule has 2 amide bonds. The lowest BCUT2D eigenvalue weighted by Crippen LogP contribution is -2.58. The monoisotopic (exact) mass is 342 g/mol. The van der Waals surface area contributed by atoms with E-state index in [2.05, 4.69) is 5.32 Å². The average Bonchev–Trinajstić information content (AvgIpc) is 2.98. The Morgan fingerprint density at radius 3 is 2.75 bits per heavy atom. The van der Waals surface area contributed by atoms with Crippen molar-refractivity contribution in [2.75, 3.05) is 26.3 Å². The van der Waals surface area contributed by atoms with Crippen LogP contribution in [0.25, 0.3) is 0 Å². The van der Waals surface area contributed by atoms with E-state index in [0.717, 1.165) is 12.8 Å². The number of piperazine rings is 1. The molecule has 24 heavy (non-hydrogen) atoms. The van der Waals surface area contributed by atoms with Crippen LogP contribution in [0.2, 0.25) is 0 Å². The predicted molar refractivity (Wildman–Crippen MR) is 84.3 cm³/mol. The highest BCUT2D eigenvalue weighted by Crippen LogP contribution is 2.17. The second kappa shape index (κ2) is 7.83. The Labute approximate surface area is 141 Å². The molecule has 2 atom stereocenters. The number of rotatable bonds is 4. The van der Waals surface area contributed by atoms with Crippen LogP contribution in [0.15, 0.2) is 0 Å². The summed E-state index contributed by atoms with van der Waals surface area (Å²) in [4.78, 5) is 37.7. The van der Waals surface area contributed by atoms with E-state index >= 15 is 0 Å². The summed E-state index contributed by atoms with van der Waals surface area (Å²) < 4.78 is 15.9. The maximum Gasteiger partial charge on any atom is 0.411 e. The van der Waals surface area contributed by atoms with Crippen LogP contribution in [-0.2, 0) is 23.8 Å². The van der Waals surface area contributed by atoms with Gasteiger partial charge < -0.3 is 19.5 Å². The summed E-state index contributed by atoms with van der Waals surface area (Å²) in [6.45, 7) is 6.74. The lowest BCUT2D eigenvalue weighted by atomic mass is 10.1. The van der Waals surface area contributed by atoms with Crippen LogP contribution >= 0.6 is 0 Å². The number of hydrogen-bond donors (Lipinski definition) is 1. The Hall–Kier alpha value is -1.83. The van der Waals surface area contributed by atoms with Gasteiger partial charge >= 0.3 is 12.1 Å². The van der Waals surface area contributed by atoms with Crippen molar-refractivity contribution in [1.29, 1.82) is 0 Å². The van der Waals surface area contributed by atoms with Gasteiger partial charge in [0.2, 0.25) is 5.91 Å². The van der Waals surface area contributed by atoms with Gasteiger partial charge in [-0.15, -0.1) is 0 Å². The highest BCUT2D eigenvalue weighted by molar-refractivity contribution is 5.90. The van der Waals surface area contributed by atoms with Gasteiger partial charge in [-0.3, -0.25) is 14.5 Å². The molecule has 0 aromatic carbocycles. The maximum atomic E-state index is 12.3. The second-order valence-corrected chi connectivity index (χ2v) is 7.00. The zero-order chi connectivity index (χ0) is 17.7. The molecule has 2 unspecified atom stereocenters. The van der Waals surface area contributed by atoms with Crippen molar-refractivity contribution in [2.45, 2.75) is 57.8 Å². The van der Waals surface area contributed by atoms with Gasteiger partial charge in [-0.1, -0.05) is 0 Å². The minimum absolute atomic E-state index is 0.0731. The number of carbonyl (C=O) groups is 3. The van der Waals surface area contributed by atoms with Gasteiger partial charge in [0.1, 0.15) is 18.2 Å². The molecule has 0 spiro atoms. The summed E-state index contributed by atoms with van der Waals surface area (Å²) in [6, 6.07) is -0.911. The van der Waals surface area contributed by atoms with E-state index < -0.39 is 23.7 Å². The first-order valence-corrected chi connectivity index (χ1v) is 8.31. The zero-order valence-corrected chi connectivity index (χ0v) is 14.5. The van der Waals surface area contributed by atoms with Crippen molar-refractivity contribution in [1.82, 2.24) is 10.2 Å². The van der Waals surface area contributed by atoms with Crippen molar-refractivity contribution in [2.24, 2.45) is 0 Å². The van der Waals surface area contributed by atoms with Crippen LogP contribution in [0.4, 0.5) is 4.79 Å². The largest absolute Gasteiger partial charge is 0.463 e. The van der Waals surface area contributed by atoms with Crippen molar-refractivity contribution in [3.05, 3.63) is 0 Å². The number of esters is 1. The molecule has 8 heteroatoms. The summed E-state index contributed by atoms with van der Waals surface area (Å²) in [5.74, 6) is -0.901.